The predicted octanol–water partition coefficient (Wildman–Crippen LogP) is 2.58. The van der Waals surface area contributed by atoms with E-state index >= 15 is 0 Å². The molecule has 0 saturated heterocycles. The summed E-state index contributed by atoms with van der Waals surface area (Å²) < 4.78 is 20.1. The average molecular weight is 262 g/mol. The zero-order valence-corrected chi connectivity index (χ0v) is 11.1. The minimum atomic E-state index is -0.555. The smallest absolute Gasteiger partial charge is 0.337 e. The molecular formula is C14H15FN2O2. The maximum absolute atomic E-state index is 13.6. The largest absolute Gasteiger partial charge is 0.465 e. The van der Waals surface area contributed by atoms with Crippen LogP contribution >= 0.6 is 0 Å². The van der Waals surface area contributed by atoms with E-state index in [4.69, 9.17) is 0 Å². The Morgan fingerprint density at radius 1 is 1.42 bits per heavy atom. The fourth-order valence-electron chi connectivity index (χ4n) is 2.07. The SMILES string of the molecule is CCc1ncn(C)c1-c1cc(F)cc(C(=O)OC)c1. The zero-order valence-electron chi connectivity index (χ0n) is 11.1. The van der Waals surface area contributed by atoms with Gasteiger partial charge in [0, 0.05) is 12.6 Å². The molecule has 0 atom stereocenters. The third-order valence-electron chi connectivity index (χ3n) is 2.94. The van der Waals surface area contributed by atoms with E-state index in [0.717, 1.165) is 23.9 Å². The fourth-order valence-corrected chi connectivity index (χ4v) is 2.07. The number of rotatable bonds is 3. The highest BCUT2D eigenvalue weighted by molar-refractivity contribution is 5.91. The number of nitrogens with zero attached hydrogens (tertiary/aromatic N) is 2. The number of methoxy groups -OCH3 is 1. The molecule has 1 aromatic carbocycles. The van der Waals surface area contributed by atoms with Crippen LogP contribution in [-0.4, -0.2) is 22.6 Å². The van der Waals surface area contributed by atoms with Gasteiger partial charge in [0.1, 0.15) is 5.82 Å². The Labute approximate surface area is 110 Å². The quantitative estimate of drug-likeness (QED) is 0.798. The van der Waals surface area contributed by atoms with Gasteiger partial charge in [-0.15, -0.1) is 0 Å². The standard InChI is InChI=1S/C14H15FN2O2/c1-4-12-13(17(2)8-16-12)9-5-10(14(18)19-3)7-11(15)6-9/h5-8H,4H2,1-3H3. The second-order valence-corrected chi connectivity index (χ2v) is 4.22. The molecule has 0 fully saturated rings. The van der Waals surface area contributed by atoms with E-state index in [1.54, 1.807) is 12.4 Å². The minimum Gasteiger partial charge on any atom is -0.465 e. The van der Waals surface area contributed by atoms with E-state index in [1.807, 2.05) is 18.5 Å². The number of hydrogen-bond donors (Lipinski definition) is 0. The molecule has 0 saturated carbocycles. The Hall–Kier alpha value is -2.17. The molecular weight excluding hydrogens is 247 g/mol. The minimum absolute atomic E-state index is 0.195. The zero-order chi connectivity index (χ0) is 14.0. The lowest BCUT2D eigenvalue weighted by molar-refractivity contribution is 0.0600. The van der Waals surface area contributed by atoms with Crippen LogP contribution < -0.4 is 0 Å². The summed E-state index contributed by atoms with van der Waals surface area (Å²) in [5, 5.41) is 0. The molecule has 2 rings (SSSR count). The Balaban J connectivity index is 2.59. The van der Waals surface area contributed by atoms with Gasteiger partial charge in [-0.3, -0.25) is 0 Å². The summed E-state index contributed by atoms with van der Waals surface area (Å²) >= 11 is 0. The van der Waals surface area contributed by atoms with E-state index in [-0.39, 0.29) is 5.56 Å². The summed E-state index contributed by atoms with van der Waals surface area (Å²) in [7, 11) is 3.11. The first-order chi connectivity index (χ1) is 9.06. The van der Waals surface area contributed by atoms with Gasteiger partial charge < -0.3 is 9.30 Å². The van der Waals surface area contributed by atoms with Crippen molar-refractivity contribution in [2.45, 2.75) is 13.3 Å². The maximum atomic E-state index is 13.6. The number of carbonyl (C=O) groups excluding carboxylic acids is 1. The average Bonchev–Trinajstić information content (AvgIpc) is 2.78. The van der Waals surface area contributed by atoms with Crippen molar-refractivity contribution in [2.24, 2.45) is 7.05 Å². The molecule has 1 heterocycles. The van der Waals surface area contributed by atoms with E-state index in [0.29, 0.717) is 5.56 Å². The highest BCUT2D eigenvalue weighted by atomic mass is 19.1. The Bertz CT molecular complexity index is 620. The monoisotopic (exact) mass is 262 g/mol. The van der Waals surface area contributed by atoms with Crippen LogP contribution in [0.3, 0.4) is 0 Å². The number of hydrogen-bond acceptors (Lipinski definition) is 3. The Kier molecular flexibility index (Phi) is 3.64. The number of benzene rings is 1. The summed E-state index contributed by atoms with van der Waals surface area (Å²) in [5.41, 5.74) is 2.49. The molecule has 0 unspecified atom stereocenters. The molecule has 19 heavy (non-hydrogen) atoms. The molecule has 2 aromatic rings. The summed E-state index contributed by atoms with van der Waals surface area (Å²) in [4.78, 5) is 15.8. The number of aromatic nitrogens is 2. The van der Waals surface area contributed by atoms with Crippen LogP contribution in [0.25, 0.3) is 11.3 Å². The van der Waals surface area contributed by atoms with Crippen molar-refractivity contribution in [3.8, 4) is 11.3 Å². The number of aryl methyl sites for hydroxylation is 2. The highest BCUT2D eigenvalue weighted by Gasteiger charge is 2.14. The number of halogens is 1. The third-order valence-corrected chi connectivity index (χ3v) is 2.94. The topological polar surface area (TPSA) is 44.1 Å². The molecule has 0 bridgehead atoms. The molecule has 5 heteroatoms. The van der Waals surface area contributed by atoms with E-state index in [9.17, 15) is 9.18 Å². The summed E-state index contributed by atoms with van der Waals surface area (Å²) in [6.07, 6.45) is 2.41. The van der Waals surface area contributed by atoms with Crippen LogP contribution in [0.4, 0.5) is 4.39 Å². The molecule has 0 amide bonds. The van der Waals surface area contributed by atoms with Crippen molar-refractivity contribution in [3.63, 3.8) is 0 Å². The van der Waals surface area contributed by atoms with E-state index in [2.05, 4.69) is 9.72 Å². The first-order valence-electron chi connectivity index (χ1n) is 5.96. The van der Waals surface area contributed by atoms with Crippen molar-refractivity contribution in [1.82, 2.24) is 9.55 Å². The van der Waals surface area contributed by atoms with Gasteiger partial charge in [-0.25, -0.2) is 14.2 Å². The predicted molar refractivity (Wildman–Crippen MR) is 69.3 cm³/mol. The normalized spacial score (nSPS) is 10.5. The molecule has 4 nitrogen and oxygen atoms in total. The van der Waals surface area contributed by atoms with Gasteiger partial charge in [-0.1, -0.05) is 6.92 Å². The summed E-state index contributed by atoms with van der Waals surface area (Å²) in [5.74, 6) is -1.03. The van der Waals surface area contributed by atoms with E-state index < -0.39 is 11.8 Å². The fraction of sp³-hybridized carbons (Fsp3) is 0.286. The second-order valence-electron chi connectivity index (χ2n) is 4.22. The highest BCUT2D eigenvalue weighted by Crippen LogP contribution is 2.25. The first-order valence-corrected chi connectivity index (χ1v) is 5.96. The maximum Gasteiger partial charge on any atom is 0.337 e. The number of imidazole rings is 1. The summed E-state index contributed by atoms with van der Waals surface area (Å²) in [6, 6.07) is 4.17. The number of carbonyl (C=O) groups is 1. The number of ether oxygens (including phenoxy) is 1. The lowest BCUT2D eigenvalue weighted by Crippen LogP contribution is -2.03. The summed E-state index contributed by atoms with van der Waals surface area (Å²) in [6.45, 7) is 1.98. The number of esters is 1. The Morgan fingerprint density at radius 3 is 2.79 bits per heavy atom. The second kappa shape index (κ2) is 5.22. The van der Waals surface area contributed by atoms with Crippen molar-refractivity contribution in [2.75, 3.05) is 7.11 Å². The van der Waals surface area contributed by atoms with Crippen molar-refractivity contribution >= 4 is 5.97 Å². The van der Waals surface area contributed by atoms with Crippen molar-refractivity contribution < 1.29 is 13.9 Å². The molecule has 0 aliphatic carbocycles. The van der Waals surface area contributed by atoms with Crippen molar-refractivity contribution in [1.29, 1.82) is 0 Å². The van der Waals surface area contributed by atoms with Crippen LogP contribution in [0.15, 0.2) is 24.5 Å². The molecule has 0 aliphatic heterocycles. The van der Waals surface area contributed by atoms with Crippen LogP contribution in [0, 0.1) is 5.82 Å². The first kappa shape index (κ1) is 13.3. The van der Waals surface area contributed by atoms with Gasteiger partial charge in [-0.05, 0) is 24.6 Å². The Morgan fingerprint density at radius 2 is 2.16 bits per heavy atom. The van der Waals surface area contributed by atoms with Crippen LogP contribution in [0.5, 0.6) is 0 Å². The van der Waals surface area contributed by atoms with Gasteiger partial charge >= 0.3 is 5.97 Å². The lowest BCUT2D eigenvalue weighted by atomic mass is 10.1. The third kappa shape index (κ3) is 2.50. The molecule has 100 valence electrons. The lowest BCUT2D eigenvalue weighted by Gasteiger charge is -2.08. The van der Waals surface area contributed by atoms with Gasteiger partial charge in [0.25, 0.3) is 0 Å². The van der Waals surface area contributed by atoms with Crippen LogP contribution in [0.2, 0.25) is 0 Å². The van der Waals surface area contributed by atoms with Crippen LogP contribution in [0.1, 0.15) is 23.0 Å². The molecule has 0 aliphatic rings. The molecule has 1 aromatic heterocycles. The van der Waals surface area contributed by atoms with Crippen LogP contribution in [-0.2, 0) is 18.2 Å². The van der Waals surface area contributed by atoms with Gasteiger partial charge in [-0.2, -0.15) is 0 Å². The molecule has 0 N–H and O–H groups in total. The molecule has 0 radical (unpaired) electrons. The van der Waals surface area contributed by atoms with Crippen molar-refractivity contribution in [3.05, 3.63) is 41.6 Å². The van der Waals surface area contributed by atoms with Gasteiger partial charge in [0.05, 0.1) is 30.4 Å². The van der Waals surface area contributed by atoms with E-state index in [1.165, 1.54) is 13.2 Å². The molecule has 0 spiro atoms. The van der Waals surface area contributed by atoms with Gasteiger partial charge in [0.2, 0.25) is 0 Å². The van der Waals surface area contributed by atoms with Gasteiger partial charge in [0.15, 0.2) is 0 Å².